The minimum absolute atomic E-state index is 0.524. The Morgan fingerprint density at radius 1 is 1.10 bits per heavy atom. The summed E-state index contributed by atoms with van der Waals surface area (Å²) in [5.41, 5.74) is 8.49. The zero-order valence-corrected chi connectivity index (χ0v) is 11.6. The summed E-state index contributed by atoms with van der Waals surface area (Å²) in [6, 6.07) is 15.2. The fourth-order valence-corrected chi connectivity index (χ4v) is 2.04. The fourth-order valence-electron chi connectivity index (χ4n) is 2.04. The molecule has 21 heavy (non-hydrogen) atoms. The van der Waals surface area contributed by atoms with Crippen molar-refractivity contribution in [2.75, 3.05) is 12.8 Å². The molecule has 0 saturated heterocycles. The molecule has 0 unspecified atom stereocenters. The van der Waals surface area contributed by atoms with Gasteiger partial charge in [-0.1, -0.05) is 23.4 Å². The van der Waals surface area contributed by atoms with Crippen molar-refractivity contribution in [3.63, 3.8) is 0 Å². The molecule has 5 nitrogen and oxygen atoms in total. The molecule has 0 spiro atoms. The largest absolute Gasteiger partial charge is 0.497 e. The zero-order chi connectivity index (χ0) is 14.7. The van der Waals surface area contributed by atoms with Crippen molar-refractivity contribution >= 4 is 5.69 Å². The normalized spacial score (nSPS) is 10.5. The van der Waals surface area contributed by atoms with Crippen LogP contribution in [0.3, 0.4) is 0 Å². The van der Waals surface area contributed by atoms with E-state index in [1.54, 1.807) is 7.11 Å². The Labute approximate surface area is 122 Å². The highest BCUT2D eigenvalue weighted by Gasteiger charge is 2.10. The molecule has 106 valence electrons. The van der Waals surface area contributed by atoms with E-state index in [1.165, 1.54) is 0 Å². The van der Waals surface area contributed by atoms with Crippen molar-refractivity contribution in [1.82, 2.24) is 10.1 Å². The van der Waals surface area contributed by atoms with Crippen LogP contribution < -0.4 is 10.5 Å². The first kappa shape index (κ1) is 13.2. The molecule has 1 aromatic heterocycles. The predicted octanol–water partition coefficient (Wildman–Crippen LogP) is 2.92. The van der Waals surface area contributed by atoms with Crippen LogP contribution in [0.4, 0.5) is 5.69 Å². The number of nitrogens with zero attached hydrogens (tertiary/aromatic N) is 2. The third-order valence-corrected chi connectivity index (χ3v) is 3.21. The average Bonchev–Trinajstić information content (AvgIpc) is 2.98. The van der Waals surface area contributed by atoms with E-state index < -0.39 is 0 Å². The number of hydrogen-bond donors (Lipinski definition) is 1. The summed E-state index contributed by atoms with van der Waals surface area (Å²) in [4.78, 5) is 4.40. The Hall–Kier alpha value is -2.82. The minimum Gasteiger partial charge on any atom is -0.497 e. The van der Waals surface area contributed by atoms with Gasteiger partial charge in [-0.15, -0.1) is 0 Å². The van der Waals surface area contributed by atoms with Gasteiger partial charge in [0.2, 0.25) is 11.7 Å². The summed E-state index contributed by atoms with van der Waals surface area (Å²) in [5, 5.41) is 4.00. The number of nitrogens with two attached hydrogens (primary N) is 1. The molecule has 3 rings (SSSR count). The monoisotopic (exact) mass is 281 g/mol. The topological polar surface area (TPSA) is 74.2 Å². The quantitative estimate of drug-likeness (QED) is 0.744. The van der Waals surface area contributed by atoms with Crippen molar-refractivity contribution in [1.29, 1.82) is 0 Å². The standard InChI is InChI=1S/C16H15N3O2/c1-20-13-8-6-11(7-9-13)16-18-15(21-19-16)10-12-4-2-3-5-14(12)17/h2-9H,10,17H2,1H3. The Balaban J connectivity index is 1.81. The molecule has 5 heteroatoms. The molecule has 3 aromatic rings. The van der Waals surface area contributed by atoms with Crippen LogP contribution in [0.25, 0.3) is 11.4 Å². The van der Waals surface area contributed by atoms with E-state index in [9.17, 15) is 0 Å². The van der Waals surface area contributed by atoms with Crippen molar-refractivity contribution in [3.05, 3.63) is 60.0 Å². The lowest BCUT2D eigenvalue weighted by Gasteiger charge is -2.00. The van der Waals surface area contributed by atoms with Crippen LogP contribution in [-0.2, 0) is 6.42 Å². The molecule has 0 radical (unpaired) electrons. The van der Waals surface area contributed by atoms with Crippen molar-refractivity contribution in [3.8, 4) is 17.1 Å². The summed E-state index contributed by atoms with van der Waals surface area (Å²) >= 11 is 0. The number of rotatable bonds is 4. The lowest BCUT2D eigenvalue weighted by molar-refractivity contribution is 0.386. The molecule has 0 aliphatic rings. The fraction of sp³-hybridized carbons (Fsp3) is 0.125. The van der Waals surface area contributed by atoms with Crippen LogP contribution >= 0.6 is 0 Å². The summed E-state index contributed by atoms with van der Waals surface area (Å²) in [5.74, 6) is 1.89. The van der Waals surface area contributed by atoms with Gasteiger partial charge in [0.05, 0.1) is 13.5 Å². The van der Waals surface area contributed by atoms with Crippen LogP contribution in [0.5, 0.6) is 5.75 Å². The van der Waals surface area contributed by atoms with Gasteiger partial charge in [0.15, 0.2) is 0 Å². The number of hydrogen-bond acceptors (Lipinski definition) is 5. The van der Waals surface area contributed by atoms with Crippen molar-refractivity contribution in [2.24, 2.45) is 0 Å². The molecule has 2 N–H and O–H groups in total. The molecule has 1 heterocycles. The highest BCUT2D eigenvalue weighted by molar-refractivity contribution is 5.55. The third-order valence-electron chi connectivity index (χ3n) is 3.21. The molecular formula is C16H15N3O2. The lowest BCUT2D eigenvalue weighted by Crippen LogP contribution is -1.95. The van der Waals surface area contributed by atoms with Gasteiger partial charge >= 0.3 is 0 Å². The second-order valence-electron chi connectivity index (χ2n) is 4.62. The number of para-hydroxylation sites is 1. The minimum atomic E-state index is 0.524. The third kappa shape index (κ3) is 2.86. The van der Waals surface area contributed by atoms with E-state index >= 15 is 0 Å². The molecule has 0 atom stereocenters. The SMILES string of the molecule is COc1ccc(-c2noc(Cc3ccccc3N)n2)cc1. The Morgan fingerprint density at radius 3 is 2.57 bits per heavy atom. The van der Waals surface area contributed by atoms with Crippen molar-refractivity contribution in [2.45, 2.75) is 6.42 Å². The maximum absolute atomic E-state index is 5.91. The number of methoxy groups -OCH3 is 1. The summed E-state index contributed by atoms with van der Waals surface area (Å²) in [7, 11) is 1.63. The molecule has 0 saturated carbocycles. The second-order valence-corrected chi connectivity index (χ2v) is 4.62. The highest BCUT2D eigenvalue weighted by Crippen LogP contribution is 2.21. The van der Waals surface area contributed by atoms with Gasteiger partial charge in [0, 0.05) is 11.3 Å². The van der Waals surface area contributed by atoms with Crippen LogP contribution in [-0.4, -0.2) is 17.3 Å². The first-order valence-corrected chi connectivity index (χ1v) is 6.56. The number of benzene rings is 2. The van der Waals surface area contributed by atoms with E-state index in [2.05, 4.69) is 10.1 Å². The number of ether oxygens (including phenoxy) is 1. The molecule has 0 aliphatic carbocycles. The Kier molecular flexibility index (Phi) is 3.55. The second kappa shape index (κ2) is 5.66. The van der Waals surface area contributed by atoms with E-state index in [-0.39, 0.29) is 0 Å². The van der Waals surface area contributed by atoms with E-state index in [0.29, 0.717) is 18.1 Å². The maximum atomic E-state index is 5.91. The first-order chi connectivity index (χ1) is 10.3. The van der Waals surface area contributed by atoms with Crippen LogP contribution in [0.15, 0.2) is 53.1 Å². The number of anilines is 1. The van der Waals surface area contributed by atoms with Crippen molar-refractivity contribution < 1.29 is 9.26 Å². The zero-order valence-electron chi connectivity index (χ0n) is 11.6. The van der Waals surface area contributed by atoms with E-state index in [4.69, 9.17) is 15.0 Å². The van der Waals surface area contributed by atoms with Crippen LogP contribution in [0.2, 0.25) is 0 Å². The van der Waals surface area contributed by atoms with Gasteiger partial charge in [0.1, 0.15) is 5.75 Å². The van der Waals surface area contributed by atoms with Gasteiger partial charge in [-0.05, 0) is 35.9 Å². The van der Waals surface area contributed by atoms with Crippen LogP contribution in [0, 0.1) is 0 Å². The van der Waals surface area contributed by atoms with E-state index in [1.807, 2.05) is 48.5 Å². The molecule has 0 aliphatic heterocycles. The average molecular weight is 281 g/mol. The Bertz CT molecular complexity index is 735. The maximum Gasteiger partial charge on any atom is 0.231 e. The molecule has 0 bridgehead atoms. The van der Waals surface area contributed by atoms with E-state index in [0.717, 1.165) is 22.6 Å². The molecule has 0 amide bonds. The molecular weight excluding hydrogens is 266 g/mol. The molecule has 2 aromatic carbocycles. The predicted molar refractivity (Wildman–Crippen MR) is 79.9 cm³/mol. The lowest BCUT2D eigenvalue weighted by atomic mass is 10.1. The number of nitrogen functional groups attached to an aromatic ring is 1. The Morgan fingerprint density at radius 2 is 1.86 bits per heavy atom. The summed E-state index contributed by atoms with van der Waals surface area (Å²) in [6.07, 6.45) is 0.524. The molecule has 0 fully saturated rings. The first-order valence-electron chi connectivity index (χ1n) is 6.56. The highest BCUT2D eigenvalue weighted by atomic mass is 16.5. The summed E-state index contributed by atoms with van der Waals surface area (Å²) < 4.78 is 10.4. The van der Waals surface area contributed by atoms with Gasteiger partial charge in [0.25, 0.3) is 0 Å². The van der Waals surface area contributed by atoms with Gasteiger partial charge in [-0.2, -0.15) is 4.98 Å². The van der Waals surface area contributed by atoms with Gasteiger partial charge in [-0.25, -0.2) is 0 Å². The van der Waals surface area contributed by atoms with Gasteiger partial charge in [-0.3, -0.25) is 0 Å². The van der Waals surface area contributed by atoms with Crippen LogP contribution in [0.1, 0.15) is 11.5 Å². The smallest absolute Gasteiger partial charge is 0.231 e. The number of aromatic nitrogens is 2. The summed E-state index contributed by atoms with van der Waals surface area (Å²) in [6.45, 7) is 0. The van der Waals surface area contributed by atoms with Gasteiger partial charge < -0.3 is 15.0 Å².